The van der Waals surface area contributed by atoms with Crippen molar-refractivity contribution in [2.45, 2.75) is 52.0 Å². The maximum atomic E-state index is 13.1. The van der Waals surface area contributed by atoms with Gasteiger partial charge in [-0.2, -0.15) is 4.80 Å². The van der Waals surface area contributed by atoms with Crippen LogP contribution in [0.4, 0.5) is 4.79 Å². The van der Waals surface area contributed by atoms with Crippen molar-refractivity contribution in [3.05, 3.63) is 65.7 Å². The van der Waals surface area contributed by atoms with Gasteiger partial charge in [0.05, 0.1) is 6.42 Å². The first-order valence-corrected chi connectivity index (χ1v) is 11.9. The molecule has 0 spiro atoms. The van der Waals surface area contributed by atoms with Gasteiger partial charge in [-0.15, -0.1) is 10.2 Å². The number of ether oxygens (including phenoxy) is 2. The average Bonchev–Trinajstić information content (AvgIpc) is 3.34. The summed E-state index contributed by atoms with van der Waals surface area (Å²) < 4.78 is 10.5. The summed E-state index contributed by atoms with van der Waals surface area (Å²) in [5, 5.41) is 17.0. The molecule has 3 rings (SSSR count). The van der Waals surface area contributed by atoms with Crippen LogP contribution in [0.25, 0.3) is 11.4 Å². The van der Waals surface area contributed by atoms with Crippen LogP contribution in [0.5, 0.6) is 0 Å². The van der Waals surface area contributed by atoms with E-state index in [0.717, 1.165) is 10.4 Å². The Hall–Kier alpha value is -4.61. The van der Waals surface area contributed by atoms with Crippen LogP contribution in [-0.2, 0) is 32.2 Å². The standard InChI is InChI=1S/C26H30N6O6/c1-26(2,3)38-22(34)14-20(28-25(36)37-16-17-8-6-5-7-9-17)21(33)15-32-30-23(29-31-32)18-10-12-19(13-11-18)24(35)27-4/h5-13,20H,14-16H2,1-4H3,(H,27,35)(H,28,36). The molecule has 0 fully saturated rings. The van der Waals surface area contributed by atoms with E-state index < -0.39 is 35.9 Å². The lowest BCUT2D eigenvalue weighted by Crippen LogP contribution is -2.45. The van der Waals surface area contributed by atoms with E-state index in [9.17, 15) is 19.2 Å². The first-order chi connectivity index (χ1) is 18.0. The highest BCUT2D eigenvalue weighted by Gasteiger charge is 2.28. The van der Waals surface area contributed by atoms with Gasteiger partial charge in [0.2, 0.25) is 5.82 Å². The molecule has 0 saturated carbocycles. The Kier molecular flexibility index (Phi) is 9.25. The van der Waals surface area contributed by atoms with Crippen LogP contribution in [-0.4, -0.2) is 62.7 Å². The molecule has 2 N–H and O–H groups in total. The quantitative estimate of drug-likeness (QED) is 0.382. The summed E-state index contributed by atoms with van der Waals surface area (Å²) in [5.74, 6) is -1.21. The Labute approximate surface area is 219 Å². The van der Waals surface area contributed by atoms with Crippen molar-refractivity contribution in [3.8, 4) is 11.4 Å². The Bertz CT molecular complexity index is 1270. The lowest BCUT2D eigenvalue weighted by molar-refractivity contribution is -0.156. The van der Waals surface area contributed by atoms with E-state index in [4.69, 9.17) is 9.47 Å². The molecule has 12 nitrogen and oxygen atoms in total. The van der Waals surface area contributed by atoms with Crippen molar-refractivity contribution in [1.29, 1.82) is 0 Å². The fraction of sp³-hybridized carbons (Fsp3) is 0.346. The van der Waals surface area contributed by atoms with Gasteiger partial charge in [-0.3, -0.25) is 14.4 Å². The summed E-state index contributed by atoms with van der Waals surface area (Å²) >= 11 is 0. The van der Waals surface area contributed by atoms with Crippen molar-refractivity contribution in [2.24, 2.45) is 0 Å². The number of alkyl carbamates (subject to hydrolysis) is 1. The Balaban J connectivity index is 1.68. The molecular weight excluding hydrogens is 492 g/mol. The minimum atomic E-state index is -1.24. The van der Waals surface area contributed by atoms with Gasteiger partial charge < -0.3 is 20.1 Å². The van der Waals surface area contributed by atoms with Crippen LogP contribution in [0, 0.1) is 0 Å². The highest BCUT2D eigenvalue weighted by atomic mass is 16.6. The average molecular weight is 523 g/mol. The van der Waals surface area contributed by atoms with Gasteiger partial charge in [-0.1, -0.05) is 42.5 Å². The summed E-state index contributed by atoms with van der Waals surface area (Å²) in [6.45, 7) is 4.73. The zero-order chi connectivity index (χ0) is 27.7. The lowest BCUT2D eigenvalue weighted by Gasteiger charge is -2.22. The van der Waals surface area contributed by atoms with Gasteiger partial charge in [-0.05, 0) is 43.7 Å². The third-order valence-electron chi connectivity index (χ3n) is 5.07. The van der Waals surface area contributed by atoms with Crippen LogP contribution in [0.15, 0.2) is 54.6 Å². The predicted octanol–water partition coefficient (Wildman–Crippen LogP) is 2.30. The number of ketones is 1. The SMILES string of the molecule is CNC(=O)c1ccc(-c2nnn(CC(=O)C(CC(=O)OC(C)(C)C)NC(=O)OCc3ccccc3)n2)cc1. The number of Topliss-reactive ketones (excluding diaryl/α,β-unsaturated/α-hetero) is 1. The number of carbonyl (C=O) groups excluding carboxylic acids is 4. The molecule has 1 heterocycles. The third-order valence-corrected chi connectivity index (χ3v) is 5.07. The van der Waals surface area contributed by atoms with E-state index in [2.05, 4.69) is 26.0 Å². The maximum Gasteiger partial charge on any atom is 0.408 e. The number of nitrogens with zero attached hydrogens (tertiary/aromatic N) is 4. The van der Waals surface area contributed by atoms with E-state index in [1.165, 1.54) is 7.05 Å². The van der Waals surface area contributed by atoms with Crippen molar-refractivity contribution in [3.63, 3.8) is 0 Å². The largest absolute Gasteiger partial charge is 0.460 e. The zero-order valence-electron chi connectivity index (χ0n) is 21.6. The van der Waals surface area contributed by atoms with Gasteiger partial charge in [0.25, 0.3) is 5.91 Å². The predicted molar refractivity (Wildman–Crippen MR) is 136 cm³/mol. The number of amides is 2. The molecule has 1 atom stereocenters. The van der Waals surface area contributed by atoms with Crippen LogP contribution >= 0.6 is 0 Å². The van der Waals surface area contributed by atoms with Crippen molar-refractivity contribution in [2.75, 3.05) is 7.05 Å². The number of tetrazole rings is 1. The summed E-state index contributed by atoms with van der Waals surface area (Å²) in [5.41, 5.74) is 1.05. The fourth-order valence-electron chi connectivity index (χ4n) is 3.29. The number of carbonyl (C=O) groups is 4. The second-order valence-electron chi connectivity index (χ2n) is 9.32. The van der Waals surface area contributed by atoms with E-state index >= 15 is 0 Å². The highest BCUT2D eigenvalue weighted by Crippen LogP contribution is 2.15. The molecule has 2 aromatic carbocycles. The van der Waals surface area contributed by atoms with Crippen molar-refractivity contribution in [1.82, 2.24) is 30.8 Å². The second-order valence-corrected chi connectivity index (χ2v) is 9.32. The smallest absolute Gasteiger partial charge is 0.408 e. The Morgan fingerprint density at radius 1 is 1.00 bits per heavy atom. The number of rotatable bonds is 10. The molecule has 0 aliphatic heterocycles. The number of benzene rings is 2. The number of aromatic nitrogens is 4. The van der Waals surface area contributed by atoms with E-state index in [0.29, 0.717) is 11.1 Å². The van der Waals surface area contributed by atoms with Crippen LogP contribution in [0.1, 0.15) is 43.1 Å². The summed E-state index contributed by atoms with van der Waals surface area (Å²) in [6.07, 6.45) is -1.27. The second kappa shape index (κ2) is 12.6. The van der Waals surface area contributed by atoms with Gasteiger partial charge in [0.15, 0.2) is 5.78 Å². The minimum Gasteiger partial charge on any atom is -0.460 e. The first-order valence-electron chi connectivity index (χ1n) is 11.9. The molecular formula is C26H30N6O6. The monoisotopic (exact) mass is 522 g/mol. The minimum absolute atomic E-state index is 0.00722. The van der Waals surface area contributed by atoms with Gasteiger partial charge in [-0.25, -0.2) is 4.79 Å². The van der Waals surface area contributed by atoms with Gasteiger partial charge in [0.1, 0.15) is 24.8 Å². The fourth-order valence-corrected chi connectivity index (χ4v) is 3.29. The molecule has 1 aromatic heterocycles. The van der Waals surface area contributed by atoms with Gasteiger partial charge in [0, 0.05) is 18.2 Å². The maximum absolute atomic E-state index is 13.1. The molecule has 0 aliphatic carbocycles. The van der Waals surface area contributed by atoms with Crippen LogP contribution < -0.4 is 10.6 Å². The topological polar surface area (TPSA) is 154 Å². The summed E-state index contributed by atoms with van der Waals surface area (Å²) in [6, 6.07) is 14.3. The van der Waals surface area contributed by atoms with Crippen LogP contribution in [0.2, 0.25) is 0 Å². The summed E-state index contributed by atoms with van der Waals surface area (Å²) in [4.78, 5) is 50.7. The molecule has 38 heavy (non-hydrogen) atoms. The number of esters is 1. The summed E-state index contributed by atoms with van der Waals surface area (Å²) in [7, 11) is 1.54. The van der Waals surface area contributed by atoms with E-state index in [-0.39, 0.29) is 24.9 Å². The normalized spacial score (nSPS) is 11.8. The molecule has 12 heteroatoms. The highest BCUT2D eigenvalue weighted by molar-refractivity contribution is 5.94. The Morgan fingerprint density at radius 2 is 1.68 bits per heavy atom. The molecule has 3 aromatic rings. The first kappa shape index (κ1) is 28.0. The third kappa shape index (κ3) is 8.50. The molecule has 1 unspecified atom stereocenters. The molecule has 0 bridgehead atoms. The molecule has 0 radical (unpaired) electrons. The molecule has 200 valence electrons. The number of hydrogen-bond donors (Lipinski definition) is 2. The van der Waals surface area contributed by atoms with E-state index in [1.807, 2.05) is 6.07 Å². The lowest BCUT2D eigenvalue weighted by atomic mass is 10.1. The van der Waals surface area contributed by atoms with Gasteiger partial charge >= 0.3 is 12.1 Å². The van der Waals surface area contributed by atoms with E-state index in [1.54, 1.807) is 69.3 Å². The molecule has 2 amide bonds. The Morgan fingerprint density at radius 3 is 2.32 bits per heavy atom. The number of hydrogen-bond acceptors (Lipinski definition) is 9. The van der Waals surface area contributed by atoms with Crippen LogP contribution in [0.3, 0.4) is 0 Å². The van der Waals surface area contributed by atoms with Crippen molar-refractivity contribution < 1.29 is 28.7 Å². The molecule has 0 saturated heterocycles. The van der Waals surface area contributed by atoms with Crippen molar-refractivity contribution >= 4 is 23.8 Å². The molecule has 0 aliphatic rings. The number of nitrogens with one attached hydrogen (secondary N) is 2. The zero-order valence-corrected chi connectivity index (χ0v) is 21.6.